The average molecular weight is 287 g/mol. The van der Waals surface area contributed by atoms with Crippen LogP contribution in [0.15, 0.2) is 30.5 Å². The van der Waals surface area contributed by atoms with Crippen LogP contribution in [-0.4, -0.2) is 21.0 Å². The SMILES string of the molecule is CCc1ccc(Oc2nnccc2C(=N)N)c([N+](=O)[O-])c1. The molecule has 0 atom stereocenters. The molecule has 1 aromatic carbocycles. The molecule has 3 N–H and O–H groups in total. The molecule has 0 aliphatic rings. The number of nitrogens with one attached hydrogen (secondary N) is 1. The van der Waals surface area contributed by atoms with Gasteiger partial charge in [-0.05, 0) is 24.1 Å². The predicted octanol–water partition coefficient (Wildman–Crippen LogP) is 2.02. The molecule has 1 heterocycles. The largest absolute Gasteiger partial charge is 0.430 e. The lowest BCUT2D eigenvalue weighted by Crippen LogP contribution is -2.13. The summed E-state index contributed by atoms with van der Waals surface area (Å²) in [5.74, 6) is -0.273. The van der Waals surface area contributed by atoms with Crippen molar-refractivity contribution in [3.63, 3.8) is 0 Å². The summed E-state index contributed by atoms with van der Waals surface area (Å²) >= 11 is 0. The molecule has 8 heteroatoms. The quantitative estimate of drug-likeness (QED) is 0.374. The highest BCUT2D eigenvalue weighted by molar-refractivity contribution is 5.97. The minimum atomic E-state index is -0.529. The Kier molecular flexibility index (Phi) is 4.07. The van der Waals surface area contributed by atoms with Crippen LogP contribution in [0.1, 0.15) is 18.1 Å². The lowest BCUT2D eigenvalue weighted by Gasteiger charge is -2.09. The van der Waals surface area contributed by atoms with Gasteiger partial charge in [0.15, 0.2) is 0 Å². The summed E-state index contributed by atoms with van der Waals surface area (Å²) in [6, 6.07) is 6.12. The summed E-state index contributed by atoms with van der Waals surface area (Å²) in [6.07, 6.45) is 2.03. The minimum Gasteiger partial charge on any atom is -0.430 e. The van der Waals surface area contributed by atoms with Crippen molar-refractivity contribution >= 4 is 11.5 Å². The molecular formula is C13H13N5O3. The lowest BCUT2D eigenvalue weighted by molar-refractivity contribution is -0.385. The minimum absolute atomic E-state index is 0.0280. The number of nitro benzene ring substituents is 1. The zero-order chi connectivity index (χ0) is 15.4. The van der Waals surface area contributed by atoms with Crippen LogP contribution in [0, 0.1) is 15.5 Å². The van der Waals surface area contributed by atoms with Gasteiger partial charge < -0.3 is 10.5 Å². The maximum absolute atomic E-state index is 11.1. The second-order valence-electron chi connectivity index (χ2n) is 4.18. The van der Waals surface area contributed by atoms with E-state index in [2.05, 4.69) is 10.2 Å². The van der Waals surface area contributed by atoms with Crippen LogP contribution in [0.2, 0.25) is 0 Å². The molecule has 0 bridgehead atoms. The number of aryl methyl sites for hydroxylation is 1. The third-order valence-corrected chi connectivity index (χ3v) is 2.81. The van der Waals surface area contributed by atoms with E-state index in [1.54, 1.807) is 6.07 Å². The van der Waals surface area contributed by atoms with Gasteiger partial charge in [0.05, 0.1) is 16.7 Å². The fraction of sp³-hybridized carbons (Fsp3) is 0.154. The number of nitrogen functional groups attached to an aromatic ring is 1. The maximum Gasteiger partial charge on any atom is 0.311 e. The normalized spacial score (nSPS) is 10.1. The fourth-order valence-corrected chi connectivity index (χ4v) is 1.72. The van der Waals surface area contributed by atoms with Crippen molar-refractivity contribution in [2.75, 3.05) is 0 Å². The number of hydrogen-bond donors (Lipinski definition) is 2. The molecule has 0 spiro atoms. The highest BCUT2D eigenvalue weighted by Crippen LogP contribution is 2.32. The highest BCUT2D eigenvalue weighted by Gasteiger charge is 2.19. The van der Waals surface area contributed by atoms with Gasteiger partial charge in [-0.15, -0.1) is 5.10 Å². The Bertz CT molecular complexity index is 702. The van der Waals surface area contributed by atoms with E-state index in [4.69, 9.17) is 15.9 Å². The molecule has 21 heavy (non-hydrogen) atoms. The Morgan fingerprint density at radius 2 is 2.24 bits per heavy atom. The third kappa shape index (κ3) is 3.11. The van der Waals surface area contributed by atoms with E-state index in [1.807, 2.05) is 6.92 Å². The molecule has 108 valence electrons. The first kappa shape index (κ1) is 14.4. The van der Waals surface area contributed by atoms with Crippen LogP contribution in [-0.2, 0) is 6.42 Å². The van der Waals surface area contributed by atoms with Gasteiger partial charge in [0.2, 0.25) is 11.6 Å². The van der Waals surface area contributed by atoms with E-state index in [0.717, 1.165) is 5.56 Å². The van der Waals surface area contributed by atoms with Gasteiger partial charge in [0, 0.05) is 6.07 Å². The van der Waals surface area contributed by atoms with E-state index in [0.29, 0.717) is 6.42 Å². The number of nitro groups is 1. The first-order chi connectivity index (χ1) is 10.0. The van der Waals surface area contributed by atoms with E-state index >= 15 is 0 Å². The smallest absolute Gasteiger partial charge is 0.311 e. The van der Waals surface area contributed by atoms with Crippen molar-refractivity contribution in [1.29, 1.82) is 5.41 Å². The van der Waals surface area contributed by atoms with Gasteiger partial charge in [0.1, 0.15) is 5.84 Å². The van der Waals surface area contributed by atoms with Crippen molar-refractivity contribution < 1.29 is 9.66 Å². The first-order valence-electron chi connectivity index (χ1n) is 6.14. The molecule has 0 amide bonds. The molecule has 2 rings (SSSR count). The first-order valence-corrected chi connectivity index (χ1v) is 6.14. The third-order valence-electron chi connectivity index (χ3n) is 2.81. The zero-order valence-electron chi connectivity index (χ0n) is 11.2. The number of rotatable bonds is 5. The highest BCUT2D eigenvalue weighted by atomic mass is 16.6. The number of benzene rings is 1. The molecule has 0 saturated heterocycles. The number of amidine groups is 1. The van der Waals surface area contributed by atoms with Gasteiger partial charge in [0.25, 0.3) is 0 Å². The molecule has 0 aliphatic heterocycles. The fourth-order valence-electron chi connectivity index (χ4n) is 1.72. The number of aromatic nitrogens is 2. The monoisotopic (exact) mass is 287 g/mol. The summed E-state index contributed by atoms with van der Waals surface area (Å²) in [7, 11) is 0. The number of hydrogen-bond acceptors (Lipinski definition) is 6. The van der Waals surface area contributed by atoms with Crippen molar-refractivity contribution in [1.82, 2.24) is 10.2 Å². The standard InChI is InChI=1S/C13H13N5O3/c1-2-8-3-4-11(10(7-8)18(19)20)21-13-9(12(14)15)5-6-16-17-13/h3-7H,2H2,1H3,(H3,14,15). The number of ether oxygens (including phenoxy) is 1. The Hall–Kier alpha value is -3.03. The lowest BCUT2D eigenvalue weighted by atomic mass is 10.1. The van der Waals surface area contributed by atoms with Crippen LogP contribution < -0.4 is 10.5 Å². The Labute approximate surface area is 120 Å². The zero-order valence-corrected chi connectivity index (χ0v) is 11.2. The van der Waals surface area contributed by atoms with Crippen LogP contribution in [0.4, 0.5) is 5.69 Å². The van der Waals surface area contributed by atoms with Crippen molar-refractivity contribution in [2.45, 2.75) is 13.3 Å². The number of nitrogens with zero attached hydrogens (tertiary/aromatic N) is 3. The molecular weight excluding hydrogens is 274 g/mol. The van der Waals surface area contributed by atoms with Crippen molar-refractivity contribution in [3.8, 4) is 11.6 Å². The molecule has 1 aromatic heterocycles. The van der Waals surface area contributed by atoms with Gasteiger partial charge in [-0.1, -0.05) is 13.0 Å². The van der Waals surface area contributed by atoms with E-state index in [-0.39, 0.29) is 28.7 Å². The summed E-state index contributed by atoms with van der Waals surface area (Å²) in [5.41, 5.74) is 6.28. The Morgan fingerprint density at radius 3 is 2.86 bits per heavy atom. The van der Waals surface area contributed by atoms with Crippen LogP contribution in [0.3, 0.4) is 0 Å². The van der Waals surface area contributed by atoms with E-state index < -0.39 is 4.92 Å². The Balaban J connectivity index is 2.45. The molecule has 0 radical (unpaired) electrons. The summed E-state index contributed by atoms with van der Waals surface area (Å²) in [6.45, 7) is 1.90. The summed E-state index contributed by atoms with van der Waals surface area (Å²) < 4.78 is 5.43. The second-order valence-corrected chi connectivity index (χ2v) is 4.18. The van der Waals surface area contributed by atoms with Gasteiger partial charge >= 0.3 is 5.69 Å². The second kappa shape index (κ2) is 5.95. The van der Waals surface area contributed by atoms with Crippen LogP contribution in [0.25, 0.3) is 0 Å². The predicted molar refractivity (Wildman–Crippen MR) is 75.6 cm³/mol. The molecule has 0 aliphatic carbocycles. The molecule has 8 nitrogen and oxygen atoms in total. The van der Waals surface area contributed by atoms with Crippen LogP contribution >= 0.6 is 0 Å². The van der Waals surface area contributed by atoms with E-state index in [9.17, 15) is 10.1 Å². The molecule has 0 fully saturated rings. The van der Waals surface area contributed by atoms with Crippen LogP contribution in [0.5, 0.6) is 11.6 Å². The topological polar surface area (TPSA) is 128 Å². The van der Waals surface area contributed by atoms with Gasteiger partial charge in [-0.3, -0.25) is 15.5 Å². The average Bonchev–Trinajstić information content (AvgIpc) is 2.47. The molecule has 0 unspecified atom stereocenters. The van der Waals surface area contributed by atoms with E-state index in [1.165, 1.54) is 24.4 Å². The van der Waals surface area contributed by atoms with Gasteiger partial charge in [-0.25, -0.2) is 0 Å². The van der Waals surface area contributed by atoms with Crippen molar-refractivity contribution in [2.24, 2.45) is 5.73 Å². The summed E-state index contributed by atoms with van der Waals surface area (Å²) in [4.78, 5) is 10.6. The van der Waals surface area contributed by atoms with Crippen molar-refractivity contribution in [3.05, 3.63) is 51.7 Å². The summed E-state index contributed by atoms with van der Waals surface area (Å²) in [5, 5.41) is 25.9. The maximum atomic E-state index is 11.1. The van der Waals surface area contributed by atoms with Gasteiger partial charge in [-0.2, -0.15) is 5.10 Å². The molecule has 2 aromatic rings. The number of nitrogens with two attached hydrogens (primary N) is 1. The Morgan fingerprint density at radius 1 is 1.48 bits per heavy atom. The molecule has 0 saturated carbocycles.